The van der Waals surface area contributed by atoms with Crippen molar-refractivity contribution in [2.75, 3.05) is 0 Å². The fourth-order valence-electron chi connectivity index (χ4n) is 0.495. The first-order valence-corrected chi connectivity index (χ1v) is 2.78. The topological polar surface area (TPSA) is 72.2 Å². The maximum absolute atomic E-state index is 8.16. The lowest BCUT2D eigenvalue weighted by atomic mass is 10.3. The molecular weight excluding hydrogens is 142 g/mol. The lowest BCUT2D eigenvalue weighted by molar-refractivity contribution is 0.503. The van der Waals surface area contributed by atoms with Crippen molar-refractivity contribution in [3.63, 3.8) is 0 Å². The largest absolute Gasteiger partial charge is 0.443 e. The second-order valence-electron chi connectivity index (χ2n) is 1.54. The summed E-state index contributed by atoms with van der Waals surface area (Å²) >= 11 is 0. The Morgan fingerprint density at radius 2 is 1.73 bits per heavy atom. The summed E-state index contributed by atoms with van der Waals surface area (Å²) < 4.78 is 0. The quantitative estimate of drug-likeness (QED) is 0.451. The van der Waals surface area contributed by atoms with E-state index in [1.165, 1.54) is 0 Å². The molecule has 1 N–H and O–H groups in total. The molecule has 54 valence electrons. The van der Waals surface area contributed by atoms with Crippen LogP contribution in [0, 0.1) is 16.9 Å². The SMILES string of the molecule is N#CO.N#[N+]c1ccccc1. The lowest BCUT2D eigenvalue weighted by Gasteiger charge is -1.69. The summed E-state index contributed by atoms with van der Waals surface area (Å²) in [6.45, 7) is 0. The lowest BCUT2D eigenvalue weighted by Crippen LogP contribution is -1.54. The number of aliphatic hydroxyl groups excluding tert-OH is 1. The van der Waals surface area contributed by atoms with E-state index >= 15 is 0 Å². The molecule has 1 rings (SSSR count). The summed E-state index contributed by atoms with van der Waals surface area (Å²) in [4.78, 5) is 2.97. The smallest absolute Gasteiger partial charge is 0.385 e. The molecule has 0 saturated heterocycles. The van der Waals surface area contributed by atoms with Gasteiger partial charge < -0.3 is 5.11 Å². The standard InChI is InChI=1S/C6H5N2.CHNO/c7-8-6-4-2-1-3-5-6;2-1-3/h1-5H;3H/q+1;. The van der Waals surface area contributed by atoms with Crippen LogP contribution in [-0.2, 0) is 0 Å². The third-order valence-electron chi connectivity index (χ3n) is 0.872. The Labute approximate surface area is 63.9 Å². The van der Waals surface area contributed by atoms with Crippen LogP contribution in [0.15, 0.2) is 30.3 Å². The van der Waals surface area contributed by atoms with Crippen molar-refractivity contribution in [1.82, 2.24) is 0 Å². The molecule has 0 unspecified atom stereocenters. The first-order chi connectivity index (χ1) is 5.35. The monoisotopic (exact) mass is 148 g/mol. The highest BCUT2D eigenvalue weighted by Gasteiger charge is 1.95. The molecule has 0 saturated carbocycles. The Morgan fingerprint density at radius 1 is 1.27 bits per heavy atom. The number of aliphatic hydroxyl groups is 1. The minimum absolute atomic E-state index is 0.590. The molecule has 11 heavy (non-hydrogen) atoms. The van der Waals surface area contributed by atoms with E-state index in [4.69, 9.17) is 15.8 Å². The first kappa shape index (κ1) is 8.93. The van der Waals surface area contributed by atoms with E-state index in [1.807, 2.05) is 18.2 Å². The van der Waals surface area contributed by atoms with Gasteiger partial charge in [-0.1, -0.05) is 18.2 Å². The highest BCUT2D eigenvalue weighted by atomic mass is 16.2. The second-order valence-corrected chi connectivity index (χ2v) is 1.54. The van der Waals surface area contributed by atoms with Crippen LogP contribution >= 0.6 is 0 Å². The van der Waals surface area contributed by atoms with Gasteiger partial charge in [-0.3, -0.25) is 0 Å². The van der Waals surface area contributed by atoms with Gasteiger partial charge in [-0.05, 0) is 0 Å². The van der Waals surface area contributed by atoms with Gasteiger partial charge in [0.05, 0.1) is 0 Å². The van der Waals surface area contributed by atoms with Crippen molar-refractivity contribution in [2.24, 2.45) is 0 Å². The molecular formula is C7H6N3O+. The number of rotatable bonds is 0. The number of nitrogens with zero attached hydrogens (tertiary/aromatic N) is 3. The first-order valence-electron chi connectivity index (χ1n) is 2.78. The van der Waals surface area contributed by atoms with Gasteiger partial charge in [0, 0.05) is 12.1 Å². The Morgan fingerprint density at radius 3 is 2.00 bits per heavy atom. The summed E-state index contributed by atoms with van der Waals surface area (Å²) in [5.41, 5.74) is 0.590. The van der Waals surface area contributed by atoms with Crippen LogP contribution in [0.25, 0.3) is 4.98 Å². The zero-order chi connectivity index (χ0) is 8.53. The Hall–Kier alpha value is -2.07. The zero-order valence-electron chi connectivity index (χ0n) is 5.68. The van der Waals surface area contributed by atoms with Crippen molar-refractivity contribution >= 4 is 5.69 Å². The van der Waals surface area contributed by atoms with Gasteiger partial charge in [-0.2, -0.15) is 5.26 Å². The van der Waals surface area contributed by atoms with Crippen LogP contribution in [0.1, 0.15) is 0 Å². The normalized spacial score (nSPS) is 6.36. The van der Waals surface area contributed by atoms with Gasteiger partial charge in [0.2, 0.25) is 5.39 Å². The molecule has 4 nitrogen and oxygen atoms in total. The molecule has 4 heteroatoms. The number of hydrogen-bond donors (Lipinski definition) is 1. The van der Waals surface area contributed by atoms with Gasteiger partial charge in [-0.25, -0.2) is 0 Å². The predicted octanol–water partition coefficient (Wildman–Crippen LogP) is 2.01. The van der Waals surface area contributed by atoms with Crippen LogP contribution in [0.2, 0.25) is 0 Å². The average Bonchev–Trinajstić information content (AvgIpc) is 2.08. The van der Waals surface area contributed by atoms with Crippen LogP contribution in [0.4, 0.5) is 5.69 Å². The van der Waals surface area contributed by atoms with Gasteiger partial charge in [0.25, 0.3) is 6.26 Å². The number of nitriles is 1. The molecule has 0 aliphatic heterocycles. The maximum atomic E-state index is 8.16. The van der Waals surface area contributed by atoms with Crippen LogP contribution in [-0.4, -0.2) is 5.11 Å². The number of hydrogen-bond acceptors (Lipinski definition) is 3. The van der Waals surface area contributed by atoms with Gasteiger partial charge in [0.15, 0.2) is 4.98 Å². The molecule has 0 fully saturated rings. The predicted molar refractivity (Wildman–Crippen MR) is 38.7 cm³/mol. The summed E-state index contributed by atoms with van der Waals surface area (Å²) in [6.07, 6.45) is 0.750. The molecule has 0 aliphatic rings. The summed E-state index contributed by atoms with van der Waals surface area (Å²) in [7, 11) is 0. The molecule has 0 amide bonds. The number of benzene rings is 1. The van der Waals surface area contributed by atoms with E-state index in [0.717, 1.165) is 6.26 Å². The van der Waals surface area contributed by atoms with E-state index < -0.39 is 0 Å². The molecule has 0 aromatic heterocycles. The minimum atomic E-state index is 0.590. The Bertz CT molecular complexity index is 270. The molecule has 0 heterocycles. The molecule has 1 aromatic carbocycles. The van der Waals surface area contributed by atoms with Crippen molar-refractivity contribution < 1.29 is 5.11 Å². The highest BCUT2D eigenvalue weighted by Crippen LogP contribution is 2.07. The van der Waals surface area contributed by atoms with E-state index in [2.05, 4.69) is 4.98 Å². The van der Waals surface area contributed by atoms with Crippen molar-refractivity contribution in [1.29, 1.82) is 10.7 Å². The third kappa shape index (κ3) is 4.43. The van der Waals surface area contributed by atoms with Crippen LogP contribution in [0.5, 0.6) is 0 Å². The Kier molecular flexibility index (Phi) is 4.92. The van der Waals surface area contributed by atoms with E-state index in [1.54, 1.807) is 12.1 Å². The molecule has 0 atom stereocenters. The molecule has 0 radical (unpaired) electrons. The highest BCUT2D eigenvalue weighted by molar-refractivity contribution is 5.42. The van der Waals surface area contributed by atoms with Crippen LogP contribution in [0.3, 0.4) is 0 Å². The van der Waals surface area contributed by atoms with Crippen molar-refractivity contribution in [3.05, 3.63) is 35.3 Å². The van der Waals surface area contributed by atoms with Crippen LogP contribution < -0.4 is 0 Å². The number of diazo groups is 1. The van der Waals surface area contributed by atoms with Crippen molar-refractivity contribution in [2.45, 2.75) is 0 Å². The van der Waals surface area contributed by atoms with Gasteiger partial charge >= 0.3 is 5.69 Å². The minimum Gasteiger partial charge on any atom is -0.443 e. The average molecular weight is 148 g/mol. The van der Waals surface area contributed by atoms with Gasteiger partial charge in [0.1, 0.15) is 0 Å². The molecule has 0 aliphatic carbocycles. The fraction of sp³-hybridized carbons (Fsp3) is 0. The third-order valence-corrected chi connectivity index (χ3v) is 0.872. The summed E-state index contributed by atoms with van der Waals surface area (Å²) in [5, 5.41) is 21.9. The fourth-order valence-corrected chi connectivity index (χ4v) is 0.495. The molecule has 0 bridgehead atoms. The molecule has 1 aromatic rings. The Balaban J connectivity index is 0.000000292. The van der Waals surface area contributed by atoms with Gasteiger partial charge in [-0.15, -0.1) is 0 Å². The van der Waals surface area contributed by atoms with E-state index in [0.29, 0.717) is 5.69 Å². The maximum Gasteiger partial charge on any atom is 0.385 e. The summed E-state index contributed by atoms with van der Waals surface area (Å²) in [6, 6.07) is 8.94. The van der Waals surface area contributed by atoms with E-state index in [-0.39, 0.29) is 0 Å². The second kappa shape index (κ2) is 6.06. The zero-order valence-corrected chi connectivity index (χ0v) is 5.68. The van der Waals surface area contributed by atoms with Crippen molar-refractivity contribution in [3.8, 4) is 6.26 Å². The molecule has 0 spiro atoms. The van der Waals surface area contributed by atoms with E-state index in [9.17, 15) is 0 Å². The summed E-state index contributed by atoms with van der Waals surface area (Å²) in [5.74, 6) is 0.